The molecule has 0 spiro atoms. The third kappa shape index (κ3) is 1.74. The number of hydrogen-bond donors (Lipinski definition) is 2. The van der Waals surface area contributed by atoms with Crippen LogP contribution in [0.15, 0.2) is 36.4 Å². The summed E-state index contributed by atoms with van der Waals surface area (Å²) in [4.78, 5) is 0. The van der Waals surface area contributed by atoms with Crippen molar-refractivity contribution in [3.8, 4) is 22.6 Å². The molecule has 0 aliphatic heterocycles. The monoisotopic (exact) mass is 214 g/mol. The van der Waals surface area contributed by atoms with Crippen LogP contribution in [-0.2, 0) is 0 Å². The Kier molecular flexibility index (Phi) is 2.57. The van der Waals surface area contributed by atoms with Crippen molar-refractivity contribution >= 4 is 0 Å². The second-order valence-electron chi connectivity index (χ2n) is 3.97. The summed E-state index contributed by atoms with van der Waals surface area (Å²) in [6.07, 6.45) is 0. The standard InChI is InChI=1S/C14H14O2/c1-9-4-3-5-13(14(9)16)12-7-6-11(15)8-10(12)2/h3-8,15-16H,1-2H3. The van der Waals surface area contributed by atoms with Gasteiger partial charge in [-0.1, -0.05) is 24.3 Å². The third-order valence-electron chi connectivity index (χ3n) is 2.74. The molecule has 0 heterocycles. The highest BCUT2D eigenvalue weighted by atomic mass is 16.3. The molecule has 2 rings (SSSR count). The van der Waals surface area contributed by atoms with E-state index in [2.05, 4.69) is 0 Å². The summed E-state index contributed by atoms with van der Waals surface area (Å²) in [7, 11) is 0. The lowest BCUT2D eigenvalue weighted by Gasteiger charge is -2.10. The number of phenolic OH excluding ortho intramolecular Hbond substituents is 2. The first kappa shape index (κ1) is 10.6. The van der Waals surface area contributed by atoms with Crippen LogP contribution < -0.4 is 0 Å². The first-order chi connectivity index (χ1) is 7.59. The lowest BCUT2D eigenvalue weighted by molar-refractivity contribution is 0.471. The number of benzene rings is 2. The van der Waals surface area contributed by atoms with Gasteiger partial charge in [-0.2, -0.15) is 0 Å². The van der Waals surface area contributed by atoms with E-state index in [9.17, 15) is 10.2 Å². The van der Waals surface area contributed by atoms with Gasteiger partial charge in [0.05, 0.1) is 0 Å². The molecule has 0 unspecified atom stereocenters. The number of para-hydroxylation sites is 1. The van der Waals surface area contributed by atoms with Gasteiger partial charge < -0.3 is 10.2 Å². The maximum Gasteiger partial charge on any atom is 0.126 e. The van der Waals surface area contributed by atoms with Gasteiger partial charge in [-0.05, 0) is 42.7 Å². The van der Waals surface area contributed by atoms with Gasteiger partial charge in [0.1, 0.15) is 11.5 Å². The number of phenols is 2. The van der Waals surface area contributed by atoms with Crippen LogP contribution in [0.2, 0.25) is 0 Å². The van der Waals surface area contributed by atoms with Gasteiger partial charge in [0.25, 0.3) is 0 Å². The van der Waals surface area contributed by atoms with Gasteiger partial charge in [-0.3, -0.25) is 0 Å². The molecule has 0 saturated carbocycles. The molecule has 16 heavy (non-hydrogen) atoms. The molecule has 0 fully saturated rings. The summed E-state index contributed by atoms with van der Waals surface area (Å²) in [6.45, 7) is 3.78. The maximum absolute atomic E-state index is 9.98. The van der Waals surface area contributed by atoms with Crippen LogP contribution in [0.3, 0.4) is 0 Å². The Morgan fingerprint density at radius 1 is 0.812 bits per heavy atom. The minimum Gasteiger partial charge on any atom is -0.508 e. The first-order valence-corrected chi connectivity index (χ1v) is 5.18. The number of hydrogen-bond acceptors (Lipinski definition) is 2. The maximum atomic E-state index is 9.98. The van der Waals surface area contributed by atoms with Crippen molar-refractivity contribution in [1.29, 1.82) is 0 Å². The minimum atomic E-state index is 0.244. The molecular formula is C14H14O2. The smallest absolute Gasteiger partial charge is 0.126 e. The van der Waals surface area contributed by atoms with Crippen molar-refractivity contribution in [2.45, 2.75) is 13.8 Å². The molecule has 82 valence electrons. The summed E-state index contributed by atoms with van der Waals surface area (Å²) in [5, 5.41) is 19.3. The average Bonchev–Trinajstić information content (AvgIpc) is 2.23. The Bertz CT molecular complexity index is 530. The van der Waals surface area contributed by atoms with Crippen LogP contribution >= 0.6 is 0 Å². The van der Waals surface area contributed by atoms with Crippen LogP contribution in [0.1, 0.15) is 11.1 Å². The average molecular weight is 214 g/mol. The van der Waals surface area contributed by atoms with Gasteiger partial charge in [-0.15, -0.1) is 0 Å². The van der Waals surface area contributed by atoms with Gasteiger partial charge in [0.2, 0.25) is 0 Å². The Hall–Kier alpha value is -1.96. The Morgan fingerprint density at radius 3 is 2.25 bits per heavy atom. The molecule has 0 saturated heterocycles. The number of rotatable bonds is 1. The second-order valence-corrected chi connectivity index (χ2v) is 3.97. The molecule has 0 aromatic heterocycles. The number of aryl methyl sites for hydroxylation is 2. The molecule has 2 nitrogen and oxygen atoms in total. The van der Waals surface area contributed by atoms with E-state index in [0.717, 1.165) is 22.3 Å². The molecule has 0 bridgehead atoms. The Labute approximate surface area is 94.8 Å². The van der Waals surface area contributed by atoms with Crippen LogP contribution in [0.4, 0.5) is 0 Å². The lowest BCUT2D eigenvalue weighted by Crippen LogP contribution is -1.85. The van der Waals surface area contributed by atoms with Crippen molar-refractivity contribution < 1.29 is 10.2 Å². The summed E-state index contributed by atoms with van der Waals surface area (Å²) < 4.78 is 0. The van der Waals surface area contributed by atoms with E-state index in [4.69, 9.17) is 0 Å². The van der Waals surface area contributed by atoms with Crippen LogP contribution in [0, 0.1) is 13.8 Å². The Balaban J connectivity index is 2.63. The fourth-order valence-electron chi connectivity index (χ4n) is 1.83. The van der Waals surface area contributed by atoms with E-state index in [1.807, 2.05) is 38.1 Å². The van der Waals surface area contributed by atoms with E-state index in [1.54, 1.807) is 12.1 Å². The van der Waals surface area contributed by atoms with Crippen molar-refractivity contribution in [1.82, 2.24) is 0 Å². The third-order valence-corrected chi connectivity index (χ3v) is 2.74. The van der Waals surface area contributed by atoms with Gasteiger partial charge >= 0.3 is 0 Å². The SMILES string of the molecule is Cc1cc(O)ccc1-c1cccc(C)c1O. The molecule has 0 radical (unpaired) electrons. The van der Waals surface area contributed by atoms with Crippen LogP contribution in [0.5, 0.6) is 11.5 Å². The van der Waals surface area contributed by atoms with Gasteiger partial charge in [0.15, 0.2) is 0 Å². The van der Waals surface area contributed by atoms with Crippen LogP contribution in [-0.4, -0.2) is 10.2 Å². The van der Waals surface area contributed by atoms with E-state index >= 15 is 0 Å². The summed E-state index contributed by atoms with van der Waals surface area (Å²) in [5.74, 6) is 0.546. The van der Waals surface area contributed by atoms with E-state index in [0.29, 0.717) is 5.75 Å². The molecule has 2 N–H and O–H groups in total. The zero-order chi connectivity index (χ0) is 11.7. The molecule has 0 aliphatic rings. The summed E-state index contributed by atoms with van der Waals surface area (Å²) in [6, 6.07) is 10.8. The highest BCUT2D eigenvalue weighted by Gasteiger charge is 2.08. The molecule has 2 heteroatoms. The van der Waals surface area contributed by atoms with Crippen molar-refractivity contribution in [2.75, 3.05) is 0 Å². The predicted molar refractivity (Wildman–Crippen MR) is 64.7 cm³/mol. The van der Waals surface area contributed by atoms with Gasteiger partial charge in [-0.25, -0.2) is 0 Å². The van der Waals surface area contributed by atoms with E-state index in [-0.39, 0.29) is 5.75 Å². The molecule has 2 aromatic rings. The molecule has 0 amide bonds. The largest absolute Gasteiger partial charge is 0.508 e. The molecule has 0 aliphatic carbocycles. The van der Waals surface area contributed by atoms with Gasteiger partial charge in [0, 0.05) is 5.56 Å². The second kappa shape index (κ2) is 3.89. The lowest BCUT2D eigenvalue weighted by atomic mass is 9.98. The van der Waals surface area contributed by atoms with Crippen molar-refractivity contribution in [3.63, 3.8) is 0 Å². The molecule has 0 atom stereocenters. The summed E-state index contributed by atoms with van der Waals surface area (Å²) >= 11 is 0. The topological polar surface area (TPSA) is 40.5 Å². The van der Waals surface area contributed by atoms with Crippen molar-refractivity contribution in [3.05, 3.63) is 47.5 Å². The van der Waals surface area contributed by atoms with E-state index in [1.165, 1.54) is 0 Å². The molecule has 2 aromatic carbocycles. The predicted octanol–water partition coefficient (Wildman–Crippen LogP) is 3.38. The zero-order valence-electron chi connectivity index (χ0n) is 9.36. The van der Waals surface area contributed by atoms with Crippen molar-refractivity contribution in [2.24, 2.45) is 0 Å². The minimum absolute atomic E-state index is 0.244. The quantitative estimate of drug-likeness (QED) is 0.764. The fraction of sp³-hybridized carbons (Fsp3) is 0.143. The zero-order valence-corrected chi connectivity index (χ0v) is 9.36. The highest BCUT2D eigenvalue weighted by molar-refractivity contribution is 5.74. The first-order valence-electron chi connectivity index (χ1n) is 5.18. The normalized spacial score (nSPS) is 10.4. The summed E-state index contributed by atoms with van der Waals surface area (Å²) in [5.41, 5.74) is 3.54. The van der Waals surface area contributed by atoms with Crippen LogP contribution in [0.25, 0.3) is 11.1 Å². The highest BCUT2D eigenvalue weighted by Crippen LogP contribution is 2.34. The number of aromatic hydroxyl groups is 2. The fourth-order valence-corrected chi connectivity index (χ4v) is 1.83. The Morgan fingerprint density at radius 2 is 1.56 bits per heavy atom. The molecular weight excluding hydrogens is 200 g/mol. The van der Waals surface area contributed by atoms with E-state index < -0.39 is 0 Å².